The summed E-state index contributed by atoms with van der Waals surface area (Å²) < 4.78 is 0. The van der Waals surface area contributed by atoms with E-state index in [1.165, 1.54) is 16.7 Å². The van der Waals surface area contributed by atoms with Crippen molar-refractivity contribution >= 4 is 5.91 Å². The summed E-state index contributed by atoms with van der Waals surface area (Å²) in [7, 11) is 3.56. The molecule has 2 aromatic rings. The van der Waals surface area contributed by atoms with E-state index >= 15 is 0 Å². The maximum Gasteiger partial charge on any atom is 0.253 e. The predicted octanol–water partition coefficient (Wildman–Crippen LogP) is 3.59. The molecule has 0 aromatic heterocycles. The Kier molecular flexibility index (Phi) is 5.94. The quantitative estimate of drug-likeness (QED) is 0.884. The van der Waals surface area contributed by atoms with Crippen LogP contribution in [0.25, 0.3) is 0 Å². The lowest BCUT2D eigenvalue weighted by Crippen LogP contribution is -2.23. The SMILES string of the molecule is Cc1ccccc1C(C)NCCc1cccc(C(=O)N(C)C)c1. The number of carbonyl (C=O) groups is 1. The summed E-state index contributed by atoms with van der Waals surface area (Å²) in [6, 6.07) is 16.7. The van der Waals surface area contributed by atoms with Crippen LogP contribution in [0.4, 0.5) is 0 Å². The Bertz CT molecular complexity index is 664. The predicted molar refractivity (Wildman–Crippen MR) is 95.8 cm³/mol. The largest absolute Gasteiger partial charge is 0.345 e. The third kappa shape index (κ3) is 4.67. The van der Waals surface area contributed by atoms with E-state index in [0.717, 1.165) is 18.5 Å². The highest BCUT2D eigenvalue weighted by molar-refractivity contribution is 5.94. The lowest BCUT2D eigenvalue weighted by atomic mass is 10.0. The van der Waals surface area contributed by atoms with Crippen molar-refractivity contribution in [3.8, 4) is 0 Å². The number of hydrogen-bond donors (Lipinski definition) is 1. The first-order chi connectivity index (χ1) is 11.0. The van der Waals surface area contributed by atoms with Gasteiger partial charge in [-0.05, 0) is 55.6 Å². The van der Waals surface area contributed by atoms with Gasteiger partial charge in [0.25, 0.3) is 5.91 Å². The van der Waals surface area contributed by atoms with Gasteiger partial charge in [-0.25, -0.2) is 0 Å². The zero-order valence-corrected chi connectivity index (χ0v) is 14.5. The molecule has 2 aromatic carbocycles. The summed E-state index contributed by atoms with van der Waals surface area (Å²) >= 11 is 0. The number of nitrogens with zero attached hydrogens (tertiary/aromatic N) is 1. The van der Waals surface area contributed by atoms with Crippen LogP contribution < -0.4 is 5.32 Å². The highest BCUT2D eigenvalue weighted by Crippen LogP contribution is 2.16. The van der Waals surface area contributed by atoms with Gasteiger partial charge in [-0.1, -0.05) is 36.4 Å². The van der Waals surface area contributed by atoms with E-state index in [2.05, 4.69) is 49.5 Å². The molecule has 1 N–H and O–H groups in total. The van der Waals surface area contributed by atoms with Crippen molar-refractivity contribution in [3.63, 3.8) is 0 Å². The topological polar surface area (TPSA) is 32.3 Å². The zero-order valence-electron chi connectivity index (χ0n) is 14.5. The molecule has 1 atom stereocenters. The third-order valence-corrected chi connectivity index (χ3v) is 4.10. The molecule has 0 spiro atoms. The normalized spacial score (nSPS) is 12.0. The molecule has 2 rings (SSSR count). The molecule has 0 aliphatic heterocycles. The molecule has 0 aliphatic carbocycles. The second kappa shape index (κ2) is 7.93. The van der Waals surface area contributed by atoms with Gasteiger partial charge in [-0.3, -0.25) is 4.79 Å². The van der Waals surface area contributed by atoms with Crippen molar-refractivity contribution in [2.24, 2.45) is 0 Å². The van der Waals surface area contributed by atoms with Crippen molar-refractivity contribution in [1.82, 2.24) is 10.2 Å². The zero-order chi connectivity index (χ0) is 16.8. The summed E-state index contributed by atoms with van der Waals surface area (Å²) in [6.07, 6.45) is 0.908. The Hall–Kier alpha value is -2.13. The lowest BCUT2D eigenvalue weighted by Gasteiger charge is -2.17. The van der Waals surface area contributed by atoms with Gasteiger partial charge in [0.2, 0.25) is 0 Å². The molecule has 23 heavy (non-hydrogen) atoms. The van der Waals surface area contributed by atoms with Crippen LogP contribution in [0.1, 0.15) is 40.0 Å². The fourth-order valence-electron chi connectivity index (χ4n) is 2.73. The van der Waals surface area contributed by atoms with Gasteiger partial charge in [0.15, 0.2) is 0 Å². The van der Waals surface area contributed by atoms with E-state index in [1.54, 1.807) is 19.0 Å². The minimum atomic E-state index is 0.0492. The first-order valence-corrected chi connectivity index (χ1v) is 8.08. The molecule has 0 fully saturated rings. The van der Waals surface area contributed by atoms with Crippen LogP contribution in [-0.2, 0) is 6.42 Å². The van der Waals surface area contributed by atoms with Gasteiger partial charge in [0, 0.05) is 25.7 Å². The maximum absolute atomic E-state index is 12.0. The van der Waals surface area contributed by atoms with Crippen LogP contribution in [0.15, 0.2) is 48.5 Å². The number of aryl methyl sites for hydroxylation is 1. The molecule has 0 saturated heterocycles. The monoisotopic (exact) mass is 310 g/mol. The number of benzene rings is 2. The summed E-state index contributed by atoms with van der Waals surface area (Å²) in [4.78, 5) is 13.6. The number of nitrogens with one attached hydrogen (secondary N) is 1. The van der Waals surface area contributed by atoms with Crippen LogP contribution in [0.5, 0.6) is 0 Å². The summed E-state index contributed by atoms with van der Waals surface area (Å²) in [6.45, 7) is 5.22. The average Bonchev–Trinajstić information content (AvgIpc) is 2.54. The van der Waals surface area contributed by atoms with E-state index in [9.17, 15) is 4.79 Å². The Labute approximate surface area is 139 Å². The van der Waals surface area contributed by atoms with Gasteiger partial charge < -0.3 is 10.2 Å². The van der Waals surface area contributed by atoms with Crippen LogP contribution in [-0.4, -0.2) is 31.4 Å². The van der Waals surface area contributed by atoms with Gasteiger partial charge in [-0.2, -0.15) is 0 Å². The van der Waals surface area contributed by atoms with Crippen LogP contribution in [0.2, 0.25) is 0 Å². The molecule has 0 aliphatic rings. The van der Waals surface area contributed by atoms with Crippen molar-refractivity contribution in [3.05, 3.63) is 70.8 Å². The second-order valence-corrected chi connectivity index (χ2v) is 6.18. The molecular weight excluding hydrogens is 284 g/mol. The first kappa shape index (κ1) is 17.2. The van der Waals surface area contributed by atoms with Gasteiger partial charge in [0.1, 0.15) is 0 Å². The lowest BCUT2D eigenvalue weighted by molar-refractivity contribution is 0.0827. The Morgan fingerprint density at radius 1 is 1.13 bits per heavy atom. The third-order valence-electron chi connectivity index (χ3n) is 4.10. The number of hydrogen-bond acceptors (Lipinski definition) is 2. The number of carbonyl (C=O) groups excluding carboxylic acids is 1. The van der Waals surface area contributed by atoms with Crippen molar-refractivity contribution < 1.29 is 4.79 Å². The van der Waals surface area contributed by atoms with E-state index in [4.69, 9.17) is 0 Å². The van der Waals surface area contributed by atoms with Gasteiger partial charge in [-0.15, -0.1) is 0 Å². The highest BCUT2D eigenvalue weighted by atomic mass is 16.2. The molecule has 122 valence electrons. The van der Waals surface area contributed by atoms with Crippen molar-refractivity contribution in [2.45, 2.75) is 26.3 Å². The van der Waals surface area contributed by atoms with Crippen LogP contribution in [0.3, 0.4) is 0 Å². The molecular formula is C20H26N2O. The molecule has 3 heteroatoms. The van der Waals surface area contributed by atoms with E-state index in [0.29, 0.717) is 6.04 Å². The molecule has 1 unspecified atom stereocenters. The molecule has 0 saturated carbocycles. The fourth-order valence-corrected chi connectivity index (χ4v) is 2.73. The first-order valence-electron chi connectivity index (χ1n) is 8.08. The summed E-state index contributed by atoms with van der Waals surface area (Å²) in [5.74, 6) is 0.0492. The second-order valence-electron chi connectivity index (χ2n) is 6.18. The molecule has 0 heterocycles. The highest BCUT2D eigenvalue weighted by Gasteiger charge is 2.09. The van der Waals surface area contributed by atoms with E-state index in [-0.39, 0.29) is 5.91 Å². The number of rotatable bonds is 6. The molecule has 3 nitrogen and oxygen atoms in total. The summed E-state index contributed by atoms with van der Waals surface area (Å²) in [5, 5.41) is 3.56. The van der Waals surface area contributed by atoms with Crippen LogP contribution in [0, 0.1) is 6.92 Å². The molecule has 0 bridgehead atoms. The van der Waals surface area contributed by atoms with Gasteiger partial charge in [0.05, 0.1) is 0 Å². The smallest absolute Gasteiger partial charge is 0.253 e. The number of amides is 1. The van der Waals surface area contributed by atoms with Crippen molar-refractivity contribution in [1.29, 1.82) is 0 Å². The Balaban J connectivity index is 1.93. The average molecular weight is 310 g/mol. The maximum atomic E-state index is 12.0. The van der Waals surface area contributed by atoms with E-state index in [1.807, 2.05) is 18.2 Å². The van der Waals surface area contributed by atoms with Crippen molar-refractivity contribution in [2.75, 3.05) is 20.6 Å². The summed E-state index contributed by atoms with van der Waals surface area (Å²) in [5.41, 5.74) is 4.58. The standard InChI is InChI=1S/C20H26N2O/c1-15-8-5-6-11-19(15)16(2)21-13-12-17-9-7-10-18(14-17)20(23)22(3)4/h5-11,14,16,21H,12-13H2,1-4H3. The van der Waals surface area contributed by atoms with E-state index < -0.39 is 0 Å². The molecule has 1 amide bonds. The van der Waals surface area contributed by atoms with Gasteiger partial charge >= 0.3 is 0 Å². The Morgan fingerprint density at radius 3 is 2.57 bits per heavy atom. The minimum absolute atomic E-state index is 0.0492. The Morgan fingerprint density at radius 2 is 1.87 bits per heavy atom. The molecule has 0 radical (unpaired) electrons. The van der Waals surface area contributed by atoms with Crippen LogP contribution >= 0.6 is 0 Å². The fraction of sp³-hybridized carbons (Fsp3) is 0.350. The minimum Gasteiger partial charge on any atom is -0.345 e.